The number of methoxy groups -OCH3 is 1. The highest BCUT2D eigenvalue weighted by Crippen LogP contribution is 2.15. The second-order valence-corrected chi connectivity index (χ2v) is 8.02. The van der Waals surface area contributed by atoms with E-state index in [-0.39, 0.29) is 19.1 Å². The molecule has 3 aromatic carbocycles. The first-order valence-corrected chi connectivity index (χ1v) is 11.2. The predicted molar refractivity (Wildman–Crippen MR) is 137 cm³/mol. The number of hydrazone groups is 1. The Bertz CT molecular complexity index is 1240. The number of amides is 3. The summed E-state index contributed by atoms with van der Waals surface area (Å²) in [4.78, 5) is 36.2. The number of rotatable bonds is 9. The van der Waals surface area contributed by atoms with Crippen LogP contribution in [0.15, 0.2) is 71.8 Å². The molecule has 3 rings (SSSR count). The molecule has 0 aliphatic heterocycles. The molecule has 0 bridgehead atoms. The number of hydrogen-bond donors (Lipinski definition) is 3. The van der Waals surface area contributed by atoms with Crippen molar-refractivity contribution in [2.24, 2.45) is 5.10 Å². The lowest BCUT2D eigenvalue weighted by molar-refractivity contribution is -0.139. The highest BCUT2D eigenvalue weighted by molar-refractivity contribution is 6.35. The second kappa shape index (κ2) is 12.7. The summed E-state index contributed by atoms with van der Waals surface area (Å²) in [7, 11) is 1.57. The lowest BCUT2D eigenvalue weighted by atomic mass is 10.1. The monoisotopic (exact) mass is 488 g/mol. The van der Waals surface area contributed by atoms with Crippen molar-refractivity contribution in [3.63, 3.8) is 0 Å². The molecule has 0 spiro atoms. The van der Waals surface area contributed by atoms with E-state index in [2.05, 4.69) is 21.2 Å². The van der Waals surface area contributed by atoms with Gasteiger partial charge in [-0.2, -0.15) is 5.10 Å². The number of nitrogens with zero attached hydrogens (tertiary/aromatic N) is 1. The minimum Gasteiger partial charge on any atom is -0.497 e. The van der Waals surface area contributed by atoms with Crippen LogP contribution in [0, 0.1) is 13.8 Å². The van der Waals surface area contributed by atoms with E-state index in [9.17, 15) is 14.4 Å². The van der Waals surface area contributed by atoms with Gasteiger partial charge < -0.3 is 20.1 Å². The van der Waals surface area contributed by atoms with E-state index in [4.69, 9.17) is 9.47 Å². The van der Waals surface area contributed by atoms with E-state index in [1.54, 1.807) is 55.6 Å². The molecule has 3 N–H and O–H groups in total. The normalized spacial score (nSPS) is 10.5. The fourth-order valence-electron chi connectivity index (χ4n) is 3.30. The van der Waals surface area contributed by atoms with Gasteiger partial charge in [0.2, 0.25) is 0 Å². The average molecular weight is 489 g/mol. The maximum absolute atomic E-state index is 12.2. The molecule has 0 aliphatic rings. The average Bonchev–Trinajstić information content (AvgIpc) is 2.86. The van der Waals surface area contributed by atoms with Gasteiger partial charge in [-0.25, -0.2) is 5.43 Å². The molecular formula is C27H28N4O5. The third kappa shape index (κ3) is 8.28. The van der Waals surface area contributed by atoms with Crippen molar-refractivity contribution in [3.05, 3.63) is 89.0 Å². The van der Waals surface area contributed by atoms with Crippen LogP contribution in [0.1, 0.15) is 22.3 Å². The van der Waals surface area contributed by atoms with Gasteiger partial charge in [0, 0.05) is 12.2 Å². The molecule has 0 radical (unpaired) electrons. The van der Waals surface area contributed by atoms with Gasteiger partial charge in [0.1, 0.15) is 11.5 Å². The number of aryl methyl sites for hydroxylation is 2. The van der Waals surface area contributed by atoms with Crippen molar-refractivity contribution in [1.82, 2.24) is 10.7 Å². The summed E-state index contributed by atoms with van der Waals surface area (Å²) < 4.78 is 10.6. The van der Waals surface area contributed by atoms with Crippen LogP contribution < -0.4 is 25.5 Å². The van der Waals surface area contributed by atoms with Gasteiger partial charge >= 0.3 is 11.8 Å². The first-order valence-electron chi connectivity index (χ1n) is 11.2. The van der Waals surface area contributed by atoms with Crippen LogP contribution in [0.2, 0.25) is 0 Å². The van der Waals surface area contributed by atoms with Crippen LogP contribution >= 0.6 is 0 Å². The zero-order valence-electron chi connectivity index (χ0n) is 20.3. The number of carbonyl (C=O) groups is 3. The summed E-state index contributed by atoms with van der Waals surface area (Å²) in [6.07, 6.45) is 1.37. The molecule has 9 nitrogen and oxygen atoms in total. The van der Waals surface area contributed by atoms with Crippen molar-refractivity contribution in [2.75, 3.05) is 19.0 Å². The smallest absolute Gasteiger partial charge is 0.329 e. The fraction of sp³-hybridized carbons (Fsp3) is 0.185. The Morgan fingerprint density at radius 2 is 1.61 bits per heavy atom. The molecule has 0 saturated heterocycles. The van der Waals surface area contributed by atoms with Crippen molar-refractivity contribution in [1.29, 1.82) is 0 Å². The predicted octanol–water partition coefficient (Wildman–Crippen LogP) is 3.10. The van der Waals surface area contributed by atoms with Crippen molar-refractivity contribution in [2.45, 2.75) is 20.4 Å². The molecule has 0 unspecified atom stereocenters. The zero-order valence-corrected chi connectivity index (χ0v) is 20.3. The topological polar surface area (TPSA) is 118 Å². The van der Waals surface area contributed by atoms with E-state index in [0.717, 1.165) is 16.7 Å². The van der Waals surface area contributed by atoms with Gasteiger partial charge in [0.05, 0.1) is 13.3 Å². The Labute approximate surface area is 209 Å². The molecule has 9 heteroatoms. The van der Waals surface area contributed by atoms with Gasteiger partial charge in [0.15, 0.2) is 6.61 Å². The van der Waals surface area contributed by atoms with E-state index in [1.165, 1.54) is 6.21 Å². The van der Waals surface area contributed by atoms with Gasteiger partial charge in [-0.15, -0.1) is 0 Å². The molecular weight excluding hydrogens is 460 g/mol. The van der Waals surface area contributed by atoms with Crippen molar-refractivity contribution in [3.8, 4) is 11.5 Å². The first kappa shape index (κ1) is 26.0. The molecule has 36 heavy (non-hydrogen) atoms. The summed E-state index contributed by atoms with van der Waals surface area (Å²) in [5.41, 5.74) is 6.44. The lowest BCUT2D eigenvalue weighted by Crippen LogP contribution is -2.37. The summed E-state index contributed by atoms with van der Waals surface area (Å²) in [5.74, 6) is -0.831. The van der Waals surface area contributed by atoms with E-state index < -0.39 is 11.8 Å². The van der Waals surface area contributed by atoms with Crippen LogP contribution in [0.25, 0.3) is 0 Å². The minimum atomic E-state index is -0.893. The van der Waals surface area contributed by atoms with Gasteiger partial charge in [-0.1, -0.05) is 30.3 Å². The molecule has 0 heterocycles. The largest absolute Gasteiger partial charge is 0.497 e. The molecule has 0 fully saturated rings. The Hall–Kier alpha value is -4.66. The van der Waals surface area contributed by atoms with Crippen LogP contribution in [0.3, 0.4) is 0 Å². The molecule has 0 aliphatic carbocycles. The number of anilines is 1. The number of ether oxygens (including phenoxy) is 2. The number of benzene rings is 3. The second-order valence-electron chi connectivity index (χ2n) is 8.02. The molecule has 3 aromatic rings. The summed E-state index contributed by atoms with van der Waals surface area (Å²) >= 11 is 0. The van der Waals surface area contributed by atoms with Gasteiger partial charge in [0.25, 0.3) is 5.91 Å². The van der Waals surface area contributed by atoms with E-state index in [0.29, 0.717) is 22.7 Å². The summed E-state index contributed by atoms with van der Waals surface area (Å²) in [5, 5.41) is 9.14. The highest BCUT2D eigenvalue weighted by atomic mass is 16.5. The number of nitrogens with one attached hydrogen (secondary N) is 3. The zero-order chi connectivity index (χ0) is 25.9. The SMILES string of the molecule is COc1ccc(CNC(=O)C(=O)N/N=C\c2cccc(OCC(=O)Nc3cc(C)cc(C)c3)c2)cc1. The lowest BCUT2D eigenvalue weighted by Gasteiger charge is -2.09. The summed E-state index contributed by atoms with van der Waals surface area (Å²) in [6.45, 7) is 3.95. The molecule has 0 saturated carbocycles. The van der Waals surface area contributed by atoms with Crippen molar-refractivity contribution < 1.29 is 23.9 Å². The van der Waals surface area contributed by atoms with Gasteiger partial charge in [-0.3, -0.25) is 14.4 Å². The Kier molecular flexibility index (Phi) is 9.16. The first-order chi connectivity index (χ1) is 17.3. The third-order valence-electron chi connectivity index (χ3n) is 4.93. The van der Waals surface area contributed by atoms with Crippen LogP contribution in [0.5, 0.6) is 11.5 Å². The molecule has 186 valence electrons. The Morgan fingerprint density at radius 3 is 2.31 bits per heavy atom. The van der Waals surface area contributed by atoms with E-state index in [1.807, 2.05) is 32.0 Å². The van der Waals surface area contributed by atoms with E-state index >= 15 is 0 Å². The Balaban J connectivity index is 1.44. The summed E-state index contributed by atoms with van der Waals surface area (Å²) in [6, 6.07) is 19.7. The maximum Gasteiger partial charge on any atom is 0.329 e. The molecule has 3 amide bonds. The third-order valence-corrected chi connectivity index (χ3v) is 4.93. The quantitative estimate of drug-likeness (QED) is 0.243. The highest BCUT2D eigenvalue weighted by Gasteiger charge is 2.12. The van der Waals surface area contributed by atoms with Crippen LogP contribution in [-0.2, 0) is 20.9 Å². The Morgan fingerprint density at radius 1 is 0.889 bits per heavy atom. The number of hydrogen-bond acceptors (Lipinski definition) is 6. The molecule has 0 aromatic heterocycles. The van der Waals surface area contributed by atoms with Gasteiger partial charge in [-0.05, 0) is 72.5 Å². The van der Waals surface area contributed by atoms with Crippen LogP contribution in [0.4, 0.5) is 5.69 Å². The minimum absolute atomic E-state index is 0.168. The standard InChI is InChI=1S/C27H28N4O5/c1-18-11-19(2)13-22(12-18)30-25(32)17-36-24-6-4-5-21(14-24)16-29-31-27(34)26(33)28-15-20-7-9-23(35-3)10-8-20/h4-14,16H,15,17H2,1-3H3,(H,28,33)(H,30,32)(H,31,34)/b29-16-. The maximum atomic E-state index is 12.2. The van der Waals surface area contributed by atoms with Crippen molar-refractivity contribution >= 4 is 29.6 Å². The fourth-order valence-corrected chi connectivity index (χ4v) is 3.30. The number of carbonyl (C=O) groups excluding carboxylic acids is 3. The molecule has 0 atom stereocenters. The van der Waals surface area contributed by atoms with Crippen LogP contribution in [-0.4, -0.2) is 37.7 Å².